The van der Waals surface area contributed by atoms with Crippen LogP contribution in [0.15, 0.2) is 18.2 Å². The summed E-state index contributed by atoms with van der Waals surface area (Å²) in [7, 11) is 0. The summed E-state index contributed by atoms with van der Waals surface area (Å²) in [6, 6.07) is 5.00. The topological polar surface area (TPSA) is 67.1 Å². The Balaban J connectivity index is 2.60. The second kappa shape index (κ2) is 5.05. The highest BCUT2D eigenvalue weighted by atomic mass is 35.5. The fraction of sp³-hybridized carbons (Fsp3) is 0.125. The van der Waals surface area contributed by atoms with Crippen molar-refractivity contribution in [3.8, 4) is 0 Å². The third kappa shape index (κ3) is 3.06. The molecule has 1 aromatic rings. The summed E-state index contributed by atoms with van der Waals surface area (Å²) >= 11 is 11.5. The number of anilines is 1. The Morgan fingerprint density at radius 3 is 2.64 bits per heavy atom. The molecule has 0 radical (unpaired) electrons. The lowest BCUT2D eigenvalue weighted by atomic mass is 10.3. The molecule has 0 aliphatic heterocycles. The van der Waals surface area contributed by atoms with Crippen molar-refractivity contribution in [2.24, 2.45) is 5.84 Å². The van der Waals surface area contributed by atoms with Crippen LogP contribution in [0.5, 0.6) is 0 Å². The van der Waals surface area contributed by atoms with E-state index in [2.05, 4.69) is 5.32 Å². The SMILES string of the molecule is NNC(=O)CNc1ccc(Cl)c(Cl)c1. The average molecular weight is 234 g/mol. The molecule has 0 aromatic heterocycles. The molecule has 0 saturated carbocycles. The molecule has 14 heavy (non-hydrogen) atoms. The highest BCUT2D eigenvalue weighted by molar-refractivity contribution is 6.42. The van der Waals surface area contributed by atoms with Gasteiger partial charge in [0, 0.05) is 5.69 Å². The number of rotatable bonds is 3. The Labute approximate surface area is 91.3 Å². The summed E-state index contributed by atoms with van der Waals surface area (Å²) in [6.45, 7) is 0.0917. The summed E-state index contributed by atoms with van der Waals surface area (Å²) in [5, 5.41) is 3.74. The minimum Gasteiger partial charge on any atom is -0.376 e. The molecule has 1 amide bonds. The maximum Gasteiger partial charge on any atom is 0.253 e. The number of hydrazine groups is 1. The van der Waals surface area contributed by atoms with Crippen LogP contribution in [0.1, 0.15) is 0 Å². The van der Waals surface area contributed by atoms with Crippen molar-refractivity contribution < 1.29 is 4.79 Å². The van der Waals surface area contributed by atoms with E-state index in [-0.39, 0.29) is 12.5 Å². The summed E-state index contributed by atoms with van der Waals surface area (Å²) in [5.74, 6) is 4.59. The minimum atomic E-state index is -0.309. The van der Waals surface area contributed by atoms with Crippen molar-refractivity contribution in [3.63, 3.8) is 0 Å². The van der Waals surface area contributed by atoms with E-state index in [4.69, 9.17) is 29.0 Å². The Hall–Kier alpha value is -0.970. The first-order chi connectivity index (χ1) is 6.63. The fourth-order valence-corrected chi connectivity index (χ4v) is 1.14. The molecule has 0 saturated heterocycles. The van der Waals surface area contributed by atoms with Gasteiger partial charge in [-0.1, -0.05) is 23.2 Å². The van der Waals surface area contributed by atoms with Crippen molar-refractivity contribution in [1.29, 1.82) is 0 Å². The van der Waals surface area contributed by atoms with Crippen LogP contribution in [0, 0.1) is 0 Å². The van der Waals surface area contributed by atoms with Gasteiger partial charge >= 0.3 is 0 Å². The highest BCUT2D eigenvalue weighted by Crippen LogP contribution is 2.24. The Morgan fingerprint density at radius 1 is 1.36 bits per heavy atom. The van der Waals surface area contributed by atoms with Crippen LogP contribution in [-0.4, -0.2) is 12.5 Å². The average Bonchev–Trinajstić information content (AvgIpc) is 2.19. The van der Waals surface area contributed by atoms with Gasteiger partial charge in [0.25, 0.3) is 5.91 Å². The zero-order valence-corrected chi connectivity index (χ0v) is 8.69. The van der Waals surface area contributed by atoms with E-state index in [0.29, 0.717) is 15.7 Å². The number of halogens is 2. The van der Waals surface area contributed by atoms with E-state index < -0.39 is 0 Å². The lowest BCUT2D eigenvalue weighted by molar-refractivity contribution is -0.119. The number of carbonyl (C=O) groups excluding carboxylic acids is 1. The zero-order valence-electron chi connectivity index (χ0n) is 7.18. The zero-order chi connectivity index (χ0) is 10.6. The molecule has 4 N–H and O–H groups in total. The van der Waals surface area contributed by atoms with Gasteiger partial charge < -0.3 is 5.32 Å². The molecule has 0 unspecified atom stereocenters. The molecule has 0 aliphatic rings. The van der Waals surface area contributed by atoms with Crippen LogP contribution in [0.4, 0.5) is 5.69 Å². The highest BCUT2D eigenvalue weighted by Gasteiger charge is 2.01. The van der Waals surface area contributed by atoms with E-state index in [1.807, 2.05) is 5.43 Å². The third-order valence-corrected chi connectivity index (χ3v) is 2.27. The first-order valence-corrected chi connectivity index (χ1v) is 4.57. The van der Waals surface area contributed by atoms with E-state index in [1.165, 1.54) is 0 Å². The Bertz CT molecular complexity index is 343. The lowest BCUT2D eigenvalue weighted by Crippen LogP contribution is -2.35. The van der Waals surface area contributed by atoms with Crippen LogP contribution in [0.3, 0.4) is 0 Å². The molecule has 0 fully saturated rings. The third-order valence-electron chi connectivity index (χ3n) is 1.53. The van der Waals surface area contributed by atoms with Gasteiger partial charge in [0.2, 0.25) is 0 Å². The van der Waals surface area contributed by atoms with Gasteiger partial charge in [-0.25, -0.2) is 5.84 Å². The van der Waals surface area contributed by atoms with E-state index in [9.17, 15) is 4.79 Å². The summed E-state index contributed by atoms with van der Waals surface area (Å²) in [5.41, 5.74) is 2.71. The lowest BCUT2D eigenvalue weighted by Gasteiger charge is -2.05. The smallest absolute Gasteiger partial charge is 0.253 e. The quantitative estimate of drug-likeness (QED) is 0.420. The predicted octanol–water partition coefficient (Wildman–Crippen LogP) is 1.40. The Morgan fingerprint density at radius 2 is 2.07 bits per heavy atom. The van der Waals surface area contributed by atoms with Crippen molar-refractivity contribution in [1.82, 2.24) is 5.43 Å². The maximum atomic E-state index is 10.8. The standard InChI is InChI=1S/C8H9Cl2N3O/c9-6-2-1-5(3-7(6)10)12-4-8(14)13-11/h1-3,12H,4,11H2,(H,13,14). The van der Waals surface area contributed by atoms with Gasteiger partial charge in [-0.15, -0.1) is 0 Å². The number of benzene rings is 1. The van der Waals surface area contributed by atoms with E-state index >= 15 is 0 Å². The summed E-state index contributed by atoms with van der Waals surface area (Å²) in [4.78, 5) is 10.8. The summed E-state index contributed by atoms with van der Waals surface area (Å²) < 4.78 is 0. The van der Waals surface area contributed by atoms with Crippen molar-refractivity contribution >= 4 is 34.8 Å². The van der Waals surface area contributed by atoms with E-state index in [0.717, 1.165) is 0 Å². The Kier molecular flexibility index (Phi) is 4.00. The van der Waals surface area contributed by atoms with Crippen LogP contribution in [0.25, 0.3) is 0 Å². The molecular formula is C8H9Cl2N3O. The first kappa shape index (κ1) is 11.1. The van der Waals surface area contributed by atoms with Gasteiger partial charge in [-0.05, 0) is 18.2 Å². The molecule has 1 rings (SSSR count). The molecule has 4 nitrogen and oxygen atoms in total. The van der Waals surface area contributed by atoms with Crippen molar-refractivity contribution in [2.75, 3.05) is 11.9 Å². The van der Waals surface area contributed by atoms with Gasteiger partial charge in [-0.2, -0.15) is 0 Å². The number of nitrogens with one attached hydrogen (secondary N) is 2. The van der Waals surface area contributed by atoms with Crippen LogP contribution in [-0.2, 0) is 4.79 Å². The second-order valence-corrected chi connectivity index (χ2v) is 3.36. The molecule has 0 heterocycles. The monoisotopic (exact) mass is 233 g/mol. The maximum absolute atomic E-state index is 10.8. The van der Waals surface area contributed by atoms with Gasteiger partial charge in [0.05, 0.1) is 16.6 Å². The number of hydrogen-bond acceptors (Lipinski definition) is 3. The predicted molar refractivity (Wildman–Crippen MR) is 57.3 cm³/mol. The number of carbonyl (C=O) groups is 1. The van der Waals surface area contributed by atoms with Gasteiger partial charge in [0.1, 0.15) is 0 Å². The van der Waals surface area contributed by atoms with Crippen LogP contribution >= 0.6 is 23.2 Å². The molecule has 76 valence electrons. The fourth-order valence-electron chi connectivity index (χ4n) is 0.839. The molecule has 0 spiro atoms. The van der Waals surface area contributed by atoms with Gasteiger partial charge in [0.15, 0.2) is 0 Å². The van der Waals surface area contributed by atoms with Crippen LogP contribution in [0.2, 0.25) is 10.0 Å². The largest absolute Gasteiger partial charge is 0.376 e. The first-order valence-electron chi connectivity index (χ1n) is 3.82. The molecule has 0 bridgehead atoms. The molecule has 1 aromatic carbocycles. The number of amides is 1. The second-order valence-electron chi connectivity index (χ2n) is 2.55. The normalized spacial score (nSPS) is 9.64. The molecule has 0 aliphatic carbocycles. The van der Waals surface area contributed by atoms with Gasteiger partial charge in [-0.3, -0.25) is 10.2 Å². The van der Waals surface area contributed by atoms with Crippen LogP contribution < -0.4 is 16.6 Å². The molecule has 0 atom stereocenters. The number of nitrogens with two attached hydrogens (primary N) is 1. The van der Waals surface area contributed by atoms with Crippen molar-refractivity contribution in [2.45, 2.75) is 0 Å². The van der Waals surface area contributed by atoms with E-state index in [1.54, 1.807) is 18.2 Å². The molecule has 6 heteroatoms. The minimum absolute atomic E-state index is 0.0917. The number of hydrogen-bond donors (Lipinski definition) is 3. The molecular weight excluding hydrogens is 225 g/mol. The summed E-state index contributed by atoms with van der Waals surface area (Å²) in [6.07, 6.45) is 0. The van der Waals surface area contributed by atoms with Crippen molar-refractivity contribution in [3.05, 3.63) is 28.2 Å².